The molecule has 4 nitrogen and oxygen atoms in total. The Hall–Kier alpha value is -0.130. The number of hydrogen-bond acceptors (Lipinski definition) is 4. The summed E-state index contributed by atoms with van der Waals surface area (Å²) in [6.45, 7) is 7.00. The second-order valence-electron chi connectivity index (χ2n) is 6.36. The second-order valence-corrected chi connectivity index (χ2v) is 8.55. The minimum absolute atomic E-state index is 0.265. The summed E-state index contributed by atoms with van der Waals surface area (Å²) in [7, 11) is -2.90. The molecule has 2 saturated heterocycles. The van der Waals surface area contributed by atoms with Gasteiger partial charge in [-0.15, -0.1) is 0 Å². The second kappa shape index (κ2) is 5.10. The van der Waals surface area contributed by atoms with E-state index < -0.39 is 9.84 Å². The lowest BCUT2D eigenvalue weighted by Gasteiger charge is -2.43. The molecule has 2 heterocycles. The van der Waals surface area contributed by atoms with Crippen molar-refractivity contribution < 1.29 is 8.42 Å². The van der Waals surface area contributed by atoms with Crippen LogP contribution >= 0.6 is 0 Å². The van der Waals surface area contributed by atoms with Crippen LogP contribution in [0, 0.1) is 11.8 Å². The molecule has 2 fully saturated rings. The Balaban J connectivity index is 2.14. The van der Waals surface area contributed by atoms with Crippen LogP contribution in [0.1, 0.15) is 33.1 Å². The van der Waals surface area contributed by atoms with Gasteiger partial charge in [0.15, 0.2) is 9.84 Å². The van der Waals surface area contributed by atoms with Crippen LogP contribution in [0.3, 0.4) is 0 Å². The maximum absolute atomic E-state index is 11.9. The number of sulfone groups is 1. The summed E-state index contributed by atoms with van der Waals surface area (Å²) in [6.07, 6.45) is 2.88. The van der Waals surface area contributed by atoms with Crippen LogP contribution in [-0.4, -0.2) is 50.0 Å². The third-order valence-corrected chi connectivity index (χ3v) is 6.69. The average molecular weight is 274 g/mol. The molecule has 0 amide bonds. The van der Waals surface area contributed by atoms with Crippen molar-refractivity contribution in [3.05, 3.63) is 0 Å². The molecule has 2 aliphatic heterocycles. The fourth-order valence-electron chi connectivity index (χ4n) is 3.48. The summed E-state index contributed by atoms with van der Waals surface area (Å²) in [6, 6.07) is 0. The van der Waals surface area contributed by atoms with Crippen molar-refractivity contribution >= 4 is 9.84 Å². The van der Waals surface area contributed by atoms with Crippen LogP contribution < -0.4 is 5.73 Å². The van der Waals surface area contributed by atoms with Gasteiger partial charge in [-0.25, -0.2) is 8.42 Å². The quantitative estimate of drug-likeness (QED) is 0.829. The summed E-state index contributed by atoms with van der Waals surface area (Å²) in [4.78, 5) is 2.37. The van der Waals surface area contributed by atoms with Gasteiger partial charge >= 0.3 is 0 Å². The standard InChI is InChI=1S/C13H26N2O2S/c1-11(2)12-4-6-15(8-12)13(9-14)5-3-7-18(16,17)10-13/h11-12H,3-10,14H2,1-2H3. The average Bonchev–Trinajstić information content (AvgIpc) is 2.77. The molecule has 5 heteroatoms. The predicted molar refractivity (Wildman–Crippen MR) is 74.2 cm³/mol. The van der Waals surface area contributed by atoms with E-state index in [1.165, 1.54) is 6.42 Å². The maximum atomic E-state index is 11.9. The minimum atomic E-state index is -2.90. The highest BCUT2D eigenvalue weighted by Crippen LogP contribution is 2.34. The Morgan fingerprint density at radius 2 is 2.17 bits per heavy atom. The van der Waals surface area contributed by atoms with Gasteiger partial charge in [0.1, 0.15) is 0 Å². The Kier molecular flexibility index (Phi) is 4.04. The van der Waals surface area contributed by atoms with Crippen molar-refractivity contribution in [2.75, 3.05) is 31.1 Å². The highest BCUT2D eigenvalue weighted by atomic mass is 32.2. The van der Waals surface area contributed by atoms with Gasteiger partial charge in [0.25, 0.3) is 0 Å². The Bertz CT molecular complexity index is 394. The zero-order valence-corrected chi connectivity index (χ0v) is 12.4. The van der Waals surface area contributed by atoms with Crippen molar-refractivity contribution in [1.82, 2.24) is 4.90 Å². The van der Waals surface area contributed by atoms with Gasteiger partial charge < -0.3 is 5.73 Å². The molecule has 0 aromatic rings. The van der Waals surface area contributed by atoms with Gasteiger partial charge in [-0.2, -0.15) is 0 Å². The molecular weight excluding hydrogens is 248 g/mol. The molecule has 2 rings (SSSR count). The maximum Gasteiger partial charge on any atom is 0.152 e. The number of likely N-dealkylation sites (tertiary alicyclic amines) is 1. The van der Waals surface area contributed by atoms with E-state index in [0.717, 1.165) is 25.9 Å². The van der Waals surface area contributed by atoms with Crippen molar-refractivity contribution in [3.63, 3.8) is 0 Å². The lowest BCUT2D eigenvalue weighted by Crippen LogP contribution is -2.59. The van der Waals surface area contributed by atoms with E-state index in [2.05, 4.69) is 18.7 Å². The highest BCUT2D eigenvalue weighted by molar-refractivity contribution is 7.91. The van der Waals surface area contributed by atoms with E-state index in [1.807, 2.05) is 0 Å². The molecule has 2 unspecified atom stereocenters. The largest absolute Gasteiger partial charge is 0.329 e. The minimum Gasteiger partial charge on any atom is -0.329 e. The van der Waals surface area contributed by atoms with Gasteiger partial charge in [0, 0.05) is 18.6 Å². The van der Waals surface area contributed by atoms with E-state index in [1.54, 1.807) is 0 Å². The fourth-order valence-corrected chi connectivity index (χ4v) is 5.47. The molecule has 0 aromatic carbocycles. The third-order valence-electron chi connectivity index (χ3n) is 4.80. The molecule has 2 atom stereocenters. The van der Waals surface area contributed by atoms with Gasteiger partial charge in [-0.05, 0) is 37.6 Å². The molecule has 0 aliphatic carbocycles. The van der Waals surface area contributed by atoms with E-state index in [9.17, 15) is 8.42 Å². The van der Waals surface area contributed by atoms with Gasteiger partial charge in [-0.1, -0.05) is 13.8 Å². The van der Waals surface area contributed by atoms with Crippen LogP contribution in [-0.2, 0) is 9.84 Å². The SMILES string of the molecule is CC(C)C1CCN(C2(CN)CCCS(=O)(=O)C2)C1. The van der Waals surface area contributed by atoms with Crippen LogP contribution in [0.4, 0.5) is 0 Å². The molecule has 106 valence electrons. The lowest BCUT2D eigenvalue weighted by atomic mass is 9.92. The Labute approximate surface area is 111 Å². The van der Waals surface area contributed by atoms with E-state index in [4.69, 9.17) is 5.73 Å². The van der Waals surface area contributed by atoms with Gasteiger partial charge in [0.2, 0.25) is 0 Å². The number of hydrogen-bond donors (Lipinski definition) is 1. The fraction of sp³-hybridized carbons (Fsp3) is 1.00. The monoisotopic (exact) mass is 274 g/mol. The molecule has 2 N–H and O–H groups in total. The zero-order chi connectivity index (χ0) is 13.4. The molecule has 0 radical (unpaired) electrons. The predicted octanol–water partition coefficient (Wildman–Crippen LogP) is 0.870. The van der Waals surface area contributed by atoms with Crippen LogP contribution in [0.15, 0.2) is 0 Å². The van der Waals surface area contributed by atoms with Crippen molar-refractivity contribution in [2.24, 2.45) is 17.6 Å². The van der Waals surface area contributed by atoms with Gasteiger partial charge in [0.05, 0.1) is 11.5 Å². The first-order chi connectivity index (χ1) is 8.38. The first kappa shape index (κ1) is 14.3. The number of rotatable bonds is 3. The normalized spacial score (nSPS) is 37.2. The van der Waals surface area contributed by atoms with E-state index in [0.29, 0.717) is 24.1 Å². The summed E-state index contributed by atoms with van der Waals surface area (Å²) < 4.78 is 23.8. The Morgan fingerprint density at radius 1 is 1.44 bits per heavy atom. The highest BCUT2D eigenvalue weighted by Gasteiger charge is 2.45. The van der Waals surface area contributed by atoms with Crippen LogP contribution in [0.5, 0.6) is 0 Å². The molecule has 0 saturated carbocycles. The molecule has 18 heavy (non-hydrogen) atoms. The molecule has 0 aromatic heterocycles. The van der Waals surface area contributed by atoms with Crippen LogP contribution in [0.25, 0.3) is 0 Å². The third kappa shape index (κ3) is 2.73. The molecule has 2 aliphatic rings. The first-order valence-electron chi connectivity index (χ1n) is 7.04. The van der Waals surface area contributed by atoms with E-state index in [-0.39, 0.29) is 11.3 Å². The lowest BCUT2D eigenvalue weighted by molar-refractivity contribution is 0.121. The van der Waals surface area contributed by atoms with Crippen molar-refractivity contribution in [2.45, 2.75) is 38.6 Å². The molecule has 0 bridgehead atoms. The molecular formula is C13H26N2O2S. The van der Waals surface area contributed by atoms with Crippen molar-refractivity contribution in [3.8, 4) is 0 Å². The van der Waals surface area contributed by atoms with E-state index >= 15 is 0 Å². The number of nitrogens with two attached hydrogens (primary N) is 1. The summed E-state index contributed by atoms with van der Waals surface area (Å²) in [5.41, 5.74) is 5.68. The zero-order valence-electron chi connectivity index (χ0n) is 11.6. The first-order valence-corrected chi connectivity index (χ1v) is 8.86. The Morgan fingerprint density at radius 3 is 2.67 bits per heavy atom. The summed E-state index contributed by atoms with van der Waals surface area (Å²) in [5, 5.41) is 0. The van der Waals surface area contributed by atoms with Crippen molar-refractivity contribution in [1.29, 1.82) is 0 Å². The topological polar surface area (TPSA) is 63.4 Å². The smallest absolute Gasteiger partial charge is 0.152 e. The number of nitrogens with zero attached hydrogens (tertiary/aromatic N) is 1. The van der Waals surface area contributed by atoms with Crippen LogP contribution in [0.2, 0.25) is 0 Å². The molecule has 0 spiro atoms. The summed E-state index contributed by atoms with van der Waals surface area (Å²) >= 11 is 0. The van der Waals surface area contributed by atoms with Gasteiger partial charge in [-0.3, -0.25) is 4.90 Å². The summed E-state index contributed by atoms with van der Waals surface area (Å²) in [5.74, 6) is 1.97.